The maximum absolute atomic E-state index is 6.76. The molecule has 5 rings (SSSR count). The predicted molar refractivity (Wildman–Crippen MR) is 148 cm³/mol. The van der Waals surface area contributed by atoms with Gasteiger partial charge in [-0.2, -0.15) is 0 Å². The molecule has 2 aromatic heterocycles. The second-order valence-corrected chi connectivity index (χ2v) is 10.2. The van der Waals surface area contributed by atoms with Crippen LogP contribution in [0.25, 0.3) is 5.65 Å². The third-order valence-electron chi connectivity index (χ3n) is 7.15. The van der Waals surface area contributed by atoms with Crippen LogP contribution in [0.15, 0.2) is 90.3 Å². The van der Waals surface area contributed by atoms with Crippen molar-refractivity contribution in [1.82, 2.24) is 9.38 Å². The first-order valence-corrected chi connectivity index (χ1v) is 13.5. The molecular weight excluding hydrogens is 466 g/mol. The molecule has 2 atom stereocenters. The fourth-order valence-corrected chi connectivity index (χ4v) is 6.52. The first kappa shape index (κ1) is 24.6. The van der Waals surface area contributed by atoms with Crippen molar-refractivity contribution >= 4 is 22.5 Å². The van der Waals surface area contributed by atoms with E-state index in [1.165, 1.54) is 16.7 Å². The van der Waals surface area contributed by atoms with Crippen LogP contribution in [0.1, 0.15) is 42.4 Å². The average molecular weight is 500 g/mol. The van der Waals surface area contributed by atoms with E-state index in [9.17, 15) is 0 Å². The first-order chi connectivity index (χ1) is 17.7. The third-order valence-corrected chi connectivity index (χ3v) is 8.45. The number of thioether (sulfide) groups is 1. The number of aromatic nitrogens is 2. The number of aliphatic imine (C=N–C) groups is 1. The molecule has 0 radical (unpaired) electrons. The Hall–Kier alpha value is -3.09. The lowest BCUT2D eigenvalue weighted by molar-refractivity contribution is -0.0153. The normalized spacial score (nSPS) is 20.5. The van der Waals surface area contributed by atoms with Crippen molar-refractivity contribution < 1.29 is 9.47 Å². The average Bonchev–Trinajstić information content (AvgIpc) is 3.42. The zero-order valence-corrected chi connectivity index (χ0v) is 21.8. The van der Waals surface area contributed by atoms with Gasteiger partial charge in [0.15, 0.2) is 0 Å². The predicted octanol–water partition coefficient (Wildman–Crippen LogP) is 6.70. The maximum atomic E-state index is 6.76. The van der Waals surface area contributed by atoms with Crippen LogP contribution in [0, 0.1) is 0 Å². The van der Waals surface area contributed by atoms with Gasteiger partial charge >= 0.3 is 0 Å². The molecule has 2 heterocycles. The Morgan fingerprint density at radius 1 is 1.06 bits per heavy atom. The number of pyridine rings is 1. The molecule has 0 aliphatic heterocycles. The van der Waals surface area contributed by atoms with E-state index in [-0.39, 0.29) is 11.5 Å². The standard InChI is InChI=1S/C30H33N3O2S/c1-31-29(36-22-24-11-14-26(34-2)15-12-24)30(25-13-16-28-32-18-19-33(28)20-25)17-7-6-10-27(30)35-21-23-8-4-3-5-9-23/h3-5,8-9,11-16,18-20,27H,6-7,10,17,21-22H2,1-2H3/b31-29+. The van der Waals surface area contributed by atoms with E-state index in [0.717, 1.165) is 47.9 Å². The molecule has 36 heavy (non-hydrogen) atoms. The topological polar surface area (TPSA) is 48.1 Å². The summed E-state index contributed by atoms with van der Waals surface area (Å²) < 4.78 is 14.2. The van der Waals surface area contributed by atoms with Crippen molar-refractivity contribution in [3.63, 3.8) is 0 Å². The summed E-state index contributed by atoms with van der Waals surface area (Å²) in [4.78, 5) is 9.40. The molecule has 2 unspecified atom stereocenters. The van der Waals surface area contributed by atoms with Gasteiger partial charge in [-0.25, -0.2) is 4.98 Å². The summed E-state index contributed by atoms with van der Waals surface area (Å²) in [5.74, 6) is 1.72. The highest BCUT2D eigenvalue weighted by Gasteiger charge is 2.47. The van der Waals surface area contributed by atoms with E-state index < -0.39 is 0 Å². The van der Waals surface area contributed by atoms with Crippen molar-refractivity contribution in [1.29, 1.82) is 0 Å². The highest BCUT2D eigenvalue weighted by Crippen LogP contribution is 2.46. The number of nitrogens with zero attached hydrogens (tertiary/aromatic N) is 3. The lowest BCUT2D eigenvalue weighted by atomic mass is 9.68. The molecule has 0 saturated heterocycles. The van der Waals surface area contributed by atoms with Gasteiger partial charge in [0.1, 0.15) is 11.4 Å². The van der Waals surface area contributed by atoms with Gasteiger partial charge in [-0.05, 0) is 47.7 Å². The highest BCUT2D eigenvalue weighted by molar-refractivity contribution is 8.13. The molecular formula is C30H33N3O2S. The third kappa shape index (κ3) is 5.06. The largest absolute Gasteiger partial charge is 0.497 e. The van der Waals surface area contributed by atoms with Gasteiger partial charge in [0.2, 0.25) is 0 Å². The van der Waals surface area contributed by atoms with Crippen molar-refractivity contribution in [2.45, 2.75) is 49.6 Å². The van der Waals surface area contributed by atoms with E-state index in [0.29, 0.717) is 6.61 Å². The zero-order chi connectivity index (χ0) is 24.8. The van der Waals surface area contributed by atoms with Crippen molar-refractivity contribution in [3.8, 4) is 5.75 Å². The summed E-state index contributed by atoms with van der Waals surface area (Å²) >= 11 is 1.83. The highest BCUT2D eigenvalue weighted by atomic mass is 32.2. The molecule has 1 aliphatic rings. The van der Waals surface area contributed by atoms with Gasteiger partial charge in [0.05, 0.1) is 30.3 Å². The van der Waals surface area contributed by atoms with Crippen LogP contribution in [-0.4, -0.2) is 34.7 Å². The second-order valence-electron chi connectivity index (χ2n) is 9.28. The summed E-state index contributed by atoms with van der Waals surface area (Å²) in [7, 11) is 3.63. The number of ether oxygens (including phenoxy) is 2. The zero-order valence-electron chi connectivity index (χ0n) is 21.0. The van der Waals surface area contributed by atoms with E-state index in [2.05, 4.69) is 64.1 Å². The number of benzene rings is 2. The SMILES string of the molecule is C/N=C(/SCc1ccc(OC)cc1)C1(c2ccc3nccn3c2)CCCCC1OCc1ccccc1. The monoisotopic (exact) mass is 499 g/mol. The van der Waals surface area contributed by atoms with Crippen LogP contribution >= 0.6 is 11.8 Å². The molecule has 2 aromatic carbocycles. The Bertz CT molecular complexity index is 1300. The molecule has 0 N–H and O–H groups in total. The van der Waals surface area contributed by atoms with Crippen LogP contribution in [0.3, 0.4) is 0 Å². The number of hydrogen-bond donors (Lipinski definition) is 0. The molecule has 1 aliphatic carbocycles. The Balaban J connectivity index is 1.50. The molecule has 0 spiro atoms. The maximum Gasteiger partial charge on any atom is 0.136 e. The molecule has 1 saturated carbocycles. The fourth-order valence-electron chi connectivity index (χ4n) is 5.29. The summed E-state index contributed by atoms with van der Waals surface area (Å²) in [6, 6.07) is 23.1. The lowest BCUT2D eigenvalue weighted by Crippen LogP contribution is -2.49. The summed E-state index contributed by atoms with van der Waals surface area (Å²) in [6.45, 7) is 0.598. The first-order valence-electron chi connectivity index (χ1n) is 12.5. The molecule has 6 heteroatoms. The number of rotatable bonds is 8. The van der Waals surface area contributed by atoms with E-state index in [1.54, 1.807) is 7.11 Å². The molecule has 5 nitrogen and oxygen atoms in total. The molecule has 4 aromatic rings. The number of hydrogen-bond acceptors (Lipinski definition) is 5. The Morgan fingerprint density at radius 3 is 2.67 bits per heavy atom. The van der Waals surface area contributed by atoms with E-state index in [1.807, 2.05) is 49.4 Å². The van der Waals surface area contributed by atoms with Crippen molar-refractivity contribution in [2.24, 2.45) is 4.99 Å². The van der Waals surface area contributed by atoms with Gasteiger partial charge in [-0.1, -0.05) is 61.4 Å². The fraction of sp³-hybridized carbons (Fsp3) is 0.333. The molecule has 0 bridgehead atoms. The molecule has 0 amide bonds. The van der Waals surface area contributed by atoms with Crippen molar-refractivity contribution in [3.05, 3.63) is 102 Å². The Labute approximate surface area is 217 Å². The van der Waals surface area contributed by atoms with Crippen LogP contribution in [0.5, 0.6) is 5.75 Å². The Kier molecular flexibility index (Phi) is 7.73. The lowest BCUT2D eigenvalue weighted by Gasteiger charge is -2.45. The Morgan fingerprint density at radius 2 is 1.89 bits per heavy atom. The van der Waals surface area contributed by atoms with Crippen LogP contribution in [0.2, 0.25) is 0 Å². The van der Waals surface area contributed by atoms with Gasteiger partial charge in [0, 0.05) is 31.4 Å². The molecule has 1 fully saturated rings. The van der Waals surface area contributed by atoms with Crippen molar-refractivity contribution in [2.75, 3.05) is 14.2 Å². The summed E-state index contributed by atoms with van der Waals surface area (Å²) in [5, 5.41) is 1.13. The van der Waals surface area contributed by atoms with Gasteiger partial charge in [-0.15, -0.1) is 11.8 Å². The minimum Gasteiger partial charge on any atom is -0.497 e. The van der Waals surface area contributed by atoms with Crippen LogP contribution in [0.4, 0.5) is 0 Å². The second kappa shape index (κ2) is 11.3. The number of fused-ring (bicyclic) bond motifs is 1. The quantitative estimate of drug-likeness (QED) is 0.200. The van der Waals surface area contributed by atoms with E-state index >= 15 is 0 Å². The van der Waals surface area contributed by atoms with Gasteiger partial charge in [-0.3, -0.25) is 4.99 Å². The number of methoxy groups -OCH3 is 1. The number of imidazole rings is 1. The van der Waals surface area contributed by atoms with Gasteiger partial charge < -0.3 is 13.9 Å². The van der Waals surface area contributed by atoms with Gasteiger partial charge in [0.25, 0.3) is 0 Å². The minimum atomic E-state index is -0.308. The van der Waals surface area contributed by atoms with Crippen LogP contribution in [-0.2, 0) is 22.5 Å². The summed E-state index contributed by atoms with van der Waals surface area (Å²) in [5.41, 5.74) is 4.33. The smallest absolute Gasteiger partial charge is 0.136 e. The summed E-state index contributed by atoms with van der Waals surface area (Å²) in [6.07, 6.45) is 10.5. The molecule has 186 valence electrons. The van der Waals surface area contributed by atoms with Crippen LogP contribution < -0.4 is 4.74 Å². The van der Waals surface area contributed by atoms with E-state index in [4.69, 9.17) is 14.5 Å². The minimum absolute atomic E-state index is 0.0366.